The van der Waals surface area contributed by atoms with Gasteiger partial charge in [0.05, 0.1) is 12.0 Å². The number of rotatable bonds is 5. The molecule has 1 aromatic rings. The van der Waals surface area contributed by atoms with Crippen LogP contribution in [0.2, 0.25) is 0 Å². The van der Waals surface area contributed by atoms with Gasteiger partial charge in [0.2, 0.25) is 0 Å². The highest BCUT2D eigenvalue weighted by Gasteiger charge is 2.23. The molecule has 0 aliphatic carbocycles. The lowest BCUT2D eigenvalue weighted by molar-refractivity contribution is -0.142. The summed E-state index contributed by atoms with van der Waals surface area (Å²) >= 11 is 0. The van der Waals surface area contributed by atoms with Crippen molar-refractivity contribution >= 4 is 5.97 Å². The van der Waals surface area contributed by atoms with Crippen molar-refractivity contribution in [3.8, 4) is 5.75 Å². The summed E-state index contributed by atoms with van der Waals surface area (Å²) < 4.78 is 5.14. The highest BCUT2D eigenvalue weighted by atomic mass is 16.5. The minimum Gasteiger partial charge on any atom is -0.426 e. The minimum absolute atomic E-state index is 0.382. The molecule has 0 heterocycles. The van der Waals surface area contributed by atoms with Gasteiger partial charge in [0.1, 0.15) is 5.75 Å². The van der Waals surface area contributed by atoms with Gasteiger partial charge in [0, 0.05) is 0 Å². The molecule has 0 unspecified atom stereocenters. The first-order chi connectivity index (χ1) is 7.65. The number of carbonyl (C=O) groups excluding carboxylic acids is 1. The molecule has 0 radical (unpaired) electrons. The van der Waals surface area contributed by atoms with Crippen molar-refractivity contribution in [2.45, 2.75) is 32.8 Å². The Hall–Kier alpha value is -1.35. The van der Waals surface area contributed by atoms with Crippen LogP contribution in [0.15, 0.2) is 30.3 Å². The largest absolute Gasteiger partial charge is 0.426 e. The molecule has 1 aromatic carbocycles. The van der Waals surface area contributed by atoms with Crippen molar-refractivity contribution in [2.75, 3.05) is 0 Å². The Morgan fingerprint density at radius 3 is 2.56 bits per heavy atom. The standard InChI is InChI=1S/C13H18O3/c1-3-7-12(14)10(2)13(15)16-11-8-5-4-6-9-11/h4-6,8-10,12,14H,3,7H2,1-2H3/t10-,12+/m1/s1. The fourth-order valence-corrected chi connectivity index (χ4v) is 1.40. The number of hydrogen-bond donors (Lipinski definition) is 1. The third-order valence-corrected chi connectivity index (χ3v) is 2.50. The molecular weight excluding hydrogens is 204 g/mol. The molecule has 1 N–H and O–H groups in total. The van der Waals surface area contributed by atoms with E-state index in [-0.39, 0.29) is 5.97 Å². The average Bonchev–Trinajstić information content (AvgIpc) is 2.29. The molecule has 16 heavy (non-hydrogen) atoms. The number of aliphatic hydroxyl groups is 1. The van der Waals surface area contributed by atoms with Crippen LogP contribution in [0.4, 0.5) is 0 Å². The summed E-state index contributed by atoms with van der Waals surface area (Å²) in [6.07, 6.45) is 0.844. The third kappa shape index (κ3) is 3.66. The lowest BCUT2D eigenvalue weighted by atomic mass is 10.0. The lowest BCUT2D eigenvalue weighted by Gasteiger charge is -2.16. The van der Waals surface area contributed by atoms with Crippen LogP contribution in [0.25, 0.3) is 0 Å². The molecule has 0 fully saturated rings. The van der Waals surface area contributed by atoms with Gasteiger partial charge in [-0.05, 0) is 25.5 Å². The van der Waals surface area contributed by atoms with Crippen LogP contribution in [0.5, 0.6) is 5.75 Å². The van der Waals surface area contributed by atoms with Gasteiger partial charge >= 0.3 is 5.97 Å². The highest BCUT2D eigenvalue weighted by molar-refractivity contribution is 5.75. The summed E-state index contributed by atoms with van der Waals surface area (Å²) in [5.74, 6) is -0.352. The maximum Gasteiger partial charge on any atom is 0.316 e. The summed E-state index contributed by atoms with van der Waals surface area (Å²) in [6, 6.07) is 8.89. The van der Waals surface area contributed by atoms with Crippen LogP contribution < -0.4 is 4.74 Å². The number of para-hydroxylation sites is 1. The van der Waals surface area contributed by atoms with Crippen LogP contribution in [-0.4, -0.2) is 17.2 Å². The van der Waals surface area contributed by atoms with Crippen LogP contribution >= 0.6 is 0 Å². The molecule has 3 heteroatoms. The minimum atomic E-state index is -0.624. The fraction of sp³-hybridized carbons (Fsp3) is 0.462. The highest BCUT2D eigenvalue weighted by Crippen LogP contribution is 2.15. The summed E-state index contributed by atoms with van der Waals surface area (Å²) in [4.78, 5) is 11.6. The van der Waals surface area contributed by atoms with Crippen LogP contribution in [0, 0.1) is 5.92 Å². The van der Waals surface area contributed by atoms with Gasteiger partial charge < -0.3 is 9.84 Å². The van der Waals surface area contributed by atoms with Crippen LogP contribution in [-0.2, 0) is 4.79 Å². The zero-order valence-electron chi connectivity index (χ0n) is 9.72. The molecular formula is C13H18O3. The van der Waals surface area contributed by atoms with Crippen molar-refractivity contribution in [3.05, 3.63) is 30.3 Å². The lowest BCUT2D eigenvalue weighted by Crippen LogP contribution is -2.29. The monoisotopic (exact) mass is 222 g/mol. The Labute approximate surface area is 96.1 Å². The predicted molar refractivity (Wildman–Crippen MR) is 62.2 cm³/mol. The average molecular weight is 222 g/mol. The number of hydrogen-bond acceptors (Lipinski definition) is 3. The van der Waals surface area contributed by atoms with E-state index in [1.54, 1.807) is 31.2 Å². The van der Waals surface area contributed by atoms with Crippen LogP contribution in [0.1, 0.15) is 26.7 Å². The number of aliphatic hydroxyl groups excluding tert-OH is 1. The normalized spacial score (nSPS) is 14.2. The van der Waals surface area contributed by atoms with Gasteiger partial charge in [0.15, 0.2) is 0 Å². The number of esters is 1. The maximum atomic E-state index is 11.6. The van der Waals surface area contributed by atoms with E-state index in [0.29, 0.717) is 12.2 Å². The molecule has 3 nitrogen and oxygen atoms in total. The molecule has 0 saturated carbocycles. The zero-order valence-corrected chi connectivity index (χ0v) is 9.72. The fourth-order valence-electron chi connectivity index (χ4n) is 1.40. The maximum absolute atomic E-state index is 11.6. The quantitative estimate of drug-likeness (QED) is 0.614. The Bertz CT molecular complexity index is 321. The van der Waals surface area contributed by atoms with E-state index in [4.69, 9.17) is 4.74 Å². The first-order valence-electron chi connectivity index (χ1n) is 5.60. The van der Waals surface area contributed by atoms with Gasteiger partial charge in [-0.2, -0.15) is 0 Å². The summed E-state index contributed by atoms with van der Waals surface area (Å²) in [5, 5.41) is 9.67. The second-order valence-electron chi connectivity index (χ2n) is 3.88. The second-order valence-corrected chi connectivity index (χ2v) is 3.88. The number of ether oxygens (including phenoxy) is 1. The molecule has 0 bridgehead atoms. The van der Waals surface area contributed by atoms with Crippen molar-refractivity contribution in [1.82, 2.24) is 0 Å². The molecule has 0 saturated heterocycles. The summed E-state index contributed by atoms with van der Waals surface area (Å²) in [6.45, 7) is 3.66. The summed E-state index contributed by atoms with van der Waals surface area (Å²) in [7, 11) is 0. The Morgan fingerprint density at radius 2 is 2.00 bits per heavy atom. The predicted octanol–water partition coefficient (Wildman–Crippen LogP) is 2.39. The van der Waals surface area contributed by atoms with Gasteiger partial charge in [-0.15, -0.1) is 0 Å². The number of carbonyl (C=O) groups is 1. The Balaban J connectivity index is 2.52. The van der Waals surface area contributed by atoms with E-state index in [9.17, 15) is 9.90 Å². The first kappa shape index (κ1) is 12.7. The third-order valence-electron chi connectivity index (χ3n) is 2.50. The molecule has 0 spiro atoms. The van der Waals surface area contributed by atoms with Crippen molar-refractivity contribution < 1.29 is 14.6 Å². The van der Waals surface area contributed by atoms with E-state index >= 15 is 0 Å². The van der Waals surface area contributed by atoms with Crippen molar-refractivity contribution in [2.24, 2.45) is 5.92 Å². The van der Waals surface area contributed by atoms with E-state index < -0.39 is 12.0 Å². The van der Waals surface area contributed by atoms with Crippen LogP contribution in [0.3, 0.4) is 0 Å². The molecule has 0 aliphatic rings. The molecule has 2 atom stereocenters. The number of benzene rings is 1. The molecule has 0 amide bonds. The van der Waals surface area contributed by atoms with E-state index in [2.05, 4.69) is 0 Å². The smallest absolute Gasteiger partial charge is 0.316 e. The molecule has 88 valence electrons. The molecule has 0 aromatic heterocycles. The van der Waals surface area contributed by atoms with E-state index in [0.717, 1.165) is 6.42 Å². The Kier molecular flexibility index (Phi) is 4.99. The molecule has 1 rings (SSSR count). The summed E-state index contributed by atoms with van der Waals surface area (Å²) in [5.41, 5.74) is 0. The van der Waals surface area contributed by atoms with E-state index in [1.807, 2.05) is 13.0 Å². The SMILES string of the molecule is CCC[C@H](O)[C@@H](C)C(=O)Oc1ccccc1. The van der Waals surface area contributed by atoms with Gasteiger partial charge in [0.25, 0.3) is 0 Å². The van der Waals surface area contributed by atoms with Gasteiger partial charge in [-0.3, -0.25) is 4.79 Å². The van der Waals surface area contributed by atoms with Gasteiger partial charge in [-0.1, -0.05) is 31.5 Å². The van der Waals surface area contributed by atoms with Crippen molar-refractivity contribution in [3.63, 3.8) is 0 Å². The van der Waals surface area contributed by atoms with Crippen molar-refractivity contribution in [1.29, 1.82) is 0 Å². The van der Waals surface area contributed by atoms with E-state index in [1.165, 1.54) is 0 Å². The first-order valence-corrected chi connectivity index (χ1v) is 5.60. The molecule has 0 aliphatic heterocycles. The second kappa shape index (κ2) is 6.28. The Morgan fingerprint density at radius 1 is 1.38 bits per heavy atom. The zero-order chi connectivity index (χ0) is 12.0. The van der Waals surface area contributed by atoms with Gasteiger partial charge in [-0.25, -0.2) is 0 Å². The topological polar surface area (TPSA) is 46.5 Å².